The Labute approximate surface area is 98.6 Å². The SMILES string of the molecule is Cc1ccc(N2CCN(C)C(=O)C2=O)cc1F. The lowest BCUT2D eigenvalue weighted by molar-refractivity contribution is -0.145. The fraction of sp³-hybridized carbons (Fsp3) is 0.333. The summed E-state index contributed by atoms with van der Waals surface area (Å²) in [6.45, 7) is 2.50. The van der Waals surface area contributed by atoms with Crippen LogP contribution in [0.15, 0.2) is 18.2 Å². The zero-order valence-electron chi connectivity index (χ0n) is 9.74. The lowest BCUT2D eigenvalue weighted by Crippen LogP contribution is -2.53. The monoisotopic (exact) mass is 236 g/mol. The summed E-state index contributed by atoms with van der Waals surface area (Å²) in [5.74, 6) is -1.54. The van der Waals surface area contributed by atoms with E-state index in [1.54, 1.807) is 26.1 Å². The van der Waals surface area contributed by atoms with E-state index in [4.69, 9.17) is 0 Å². The largest absolute Gasteiger partial charge is 0.336 e. The summed E-state index contributed by atoms with van der Waals surface area (Å²) in [4.78, 5) is 25.9. The molecule has 1 heterocycles. The maximum Gasteiger partial charge on any atom is 0.316 e. The highest BCUT2D eigenvalue weighted by molar-refractivity contribution is 6.40. The number of amides is 2. The fourth-order valence-corrected chi connectivity index (χ4v) is 1.73. The number of carbonyl (C=O) groups is 2. The van der Waals surface area contributed by atoms with Crippen LogP contribution in [-0.2, 0) is 9.59 Å². The second kappa shape index (κ2) is 4.16. The maximum absolute atomic E-state index is 13.4. The van der Waals surface area contributed by atoms with Crippen LogP contribution < -0.4 is 4.90 Å². The molecular formula is C12H13FN2O2. The Balaban J connectivity index is 2.31. The highest BCUT2D eigenvalue weighted by Crippen LogP contribution is 2.20. The van der Waals surface area contributed by atoms with Gasteiger partial charge in [0.1, 0.15) is 5.82 Å². The molecule has 0 bridgehead atoms. The molecule has 1 aromatic carbocycles. The Bertz CT molecular complexity index is 487. The van der Waals surface area contributed by atoms with Gasteiger partial charge < -0.3 is 9.80 Å². The van der Waals surface area contributed by atoms with Gasteiger partial charge in [-0.1, -0.05) is 6.07 Å². The number of benzene rings is 1. The summed E-state index contributed by atoms with van der Waals surface area (Å²) in [6, 6.07) is 4.53. The number of piperazine rings is 1. The van der Waals surface area contributed by atoms with Crippen LogP contribution in [-0.4, -0.2) is 36.9 Å². The van der Waals surface area contributed by atoms with Crippen molar-refractivity contribution in [1.82, 2.24) is 4.90 Å². The van der Waals surface area contributed by atoms with E-state index >= 15 is 0 Å². The first kappa shape index (κ1) is 11.6. The van der Waals surface area contributed by atoms with E-state index in [-0.39, 0.29) is 5.82 Å². The average molecular weight is 236 g/mol. The van der Waals surface area contributed by atoms with Gasteiger partial charge in [-0.15, -0.1) is 0 Å². The van der Waals surface area contributed by atoms with Crippen molar-refractivity contribution < 1.29 is 14.0 Å². The van der Waals surface area contributed by atoms with E-state index < -0.39 is 11.8 Å². The predicted octanol–water partition coefficient (Wildman–Crippen LogP) is 0.939. The Morgan fingerprint density at radius 3 is 2.53 bits per heavy atom. The molecule has 2 amide bonds. The van der Waals surface area contributed by atoms with Crippen LogP contribution in [0.2, 0.25) is 0 Å². The summed E-state index contributed by atoms with van der Waals surface area (Å²) in [6.07, 6.45) is 0. The van der Waals surface area contributed by atoms with E-state index in [1.165, 1.54) is 15.9 Å². The van der Waals surface area contributed by atoms with Crippen LogP contribution in [0.3, 0.4) is 0 Å². The van der Waals surface area contributed by atoms with E-state index in [2.05, 4.69) is 0 Å². The third-order valence-corrected chi connectivity index (χ3v) is 2.90. The van der Waals surface area contributed by atoms with Crippen molar-refractivity contribution in [3.05, 3.63) is 29.6 Å². The highest BCUT2D eigenvalue weighted by Gasteiger charge is 2.31. The molecule has 2 rings (SSSR count). The van der Waals surface area contributed by atoms with Crippen LogP contribution in [0.5, 0.6) is 0 Å². The van der Waals surface area contributed by atoms with Crippen LogP contribution in [0, 0.1) is 12.7 Å². The first-order chi connectivity index (χ1) is 8.00. The Kier molecular flexibility index (Phi) is 2.83. The van der Waals surface area contributed by atoms with Gasteiger partial charge in [0.05, 0.1) is 0 Å². The molecule has 0 unspecified atom stereocenters. The number of rotatable bonds is 1. The number of carbonyl (C=O) groups excluding carboxylic acids is 2. The topological polar surface area (TPSA) is 40.6 Å². The zero-order valence-corrected chi connectivity index (χ0v) is 9.74. The molecule has 1 fully saturated rings. The van der Waals surface area contributed by atoms with Crippen LogP contribution in [0.4, 0.5) is 10.1 Å². The molecule has 0 saturated carbocycles. The van der Waals surface area contributed by atoms with Gasteiger partial charge >= 0.3 is 11.8 Å². The molecule has 1 aliphatic heterocycles. The summed E-state index contributed by atoms with van der Waals surface area (Å²) < 4.78 is 13.4. The van der Waals surface area contributed by atoms with Gasteiger partial charge in [-0.3, -0.25) is 9.59 Å². The van der Waals surface area contributed by atoms with E-state index in [0.29, 0.717) is 24.3 Å². The molecule has 0 aliphatic carbocycles. The van der Waals surface area contributed by atoms with Gasteiger partial charge in [-0.05, 0) is 24.6 Å². The first-order valence-corrected chi connectivity index (χ1v) is 5.34. The number of anilines is 1. The molecule has 0 aromatic heterocycles. The lowest BCUT2D eigenvalue weighted by Gasteiger charge is -2.31. The number of likely N-dealkylation sites (N-methyl/N-ethyl adjacent to an activating group) is 1. The molecule has 17 heavy (non-hydrogen) atoms. The quantitative estimate of drug-likeness (QED) is 0.681. The second-order valence-corrected chi connectivity index (χ2v) is 4.12. The molecule has 0 radical (unpaired) electrons. The maximum atomic E-state index is 13.4. The first-order valence-electron chi connectivity index (χ1n) is 5.34. The molecule has 5 heteroatoms. The lowest BCUT2D eigenvalue weighted by atomic mass is 10.2. The second-order valence-electron chi connectivity index (χ2n) is 4.12. The Morgan fingerprint density at radius 1 is 1.18 bits per heavy atom. The zero-order chi connectivity index (χ0) is 12.6. The van der Waals surface area contributed by atoms with Crippen molar-refractivity contribution in [2.45, 2.75) is 6.92 Å². The van der Waals surface area contributed by atoms with Crippen LogP contribution in [0.25, 0.3) is 0 Å². The number of nitrogens with zero attached hydrogens (tertiary/aromatic N) is 2. The standard InChI is InChI=1S/C12H13FN2O2/c1-8-3-4-9(7-10(8)13)15-6-5-14(2)11(16)12(15)17/h3-4,7H,5-6H2,1-2H3. The smallest absolute Gasteiger partial charge is 0.316 e. The number of hydrogen-bond acceptors (Lipinski definition) is 2. The number of hydrogen-bond donors (Lipinski definition) is 0. The molecule has 90 valence electrons. The third-order valence-electron chi connectivity index (χ3n) is 2.90. The van der Waals surface area contributed by atoms with Crippen LogP contribution >= 0.6 is 0 Å². The summed E-state index contributed by atoms with van der Waals surface area (Å²) in [5.41, 5.74) is 0.946. The molecule has 0 spiro atoms. The van der Waals surface area contributed by atoms with Gasteiger partial charge in [0.2, 0.25) is 0 Å². The minimum absolute atomic E-state index is 0.373. The fourth-order valence-electron chi connectivity index (χ4n) is 1.73. The van der Waals surface area contributed by atoms with Gasteiger partial charge in [0.15, 0.2) is 0 Å². The number of aryl methyl sites for hydroxylation is 1. The van der Waals surface area contributed by atoms with Crippen molar-refractivity contribution in [3.8, 4) is 0 Å². The highest BCUT2D eigenvalue weighted by atomic mass is 19.1. The minimum Gasteiger partial charge on any atom is -0.336 e. The molecule has 1 aromatic rings. The third kappa shape index (κ3) is 2.00. The van der Waals surface area contributed by atoms with Gasteiger partial charge in [0.25, 0.3) is 0 Å². The molecule has 0 N–H and O–H groups in total. The number of halogens is 1. The van der Waals surface area contributed by atoms with Crippen molar-refractivity contribution in [3.63, 3.8) is 0 Å². The Morgan fingerprint density at radius 2 is 1.88 bits per heavy atom. The molecule has 1 aliphatic rings. The van der Waals surface area contributed by atoms with E-state index in [1.807, 2.05) is 0 Å². The summed E-state index contributed by atoms with van der Waals surface area (Å²) in [7, 11) is 1.58. The molecule has 0 atom stereocenters. The Hall–Kier alpha value is -1.91. The van der Waals surface area contributed by atoms with Crippen molar-refractivity contribution in [1.29, 1.82) is 0 Å². The predicted molar refractivity (Wildman–Crippen MR) is 61.1 cm³/mol. The molecule has 1 saturated heterocycles. The van der Waals surface area contributed by atoms with Crippen molar-refractivity contribution in [2.24, 2.45) is 0 Å². The van der Waals surface area contributed by atoms with Crippen molar-refractivity contribution in [2.75, 3.05) is 25.0 Å². The summed E-state index contributed by atoms with van der Waals surface area (Å²) >= 11 is 0. The van der Waals surface area contributed by atoms with Crippen molar-refractivity contribution >= 4 is 17.5 Å². The van der Waals surface area contributed by atoms with E-state index in [9.17, 15) is 14.0 Å². The summed E-state index contributed by atoms with van der Waals surface area (Å²) in [5, 5.41) is 0. The normalized spacial score (nSPS) is 16.6. The van der Waals surface area contributed by atoms with Gasteiger partial charge in [0, 0.05) is 25.8 Å². The van der Waals surface area contributed by atoms with E-state index in [0.717, 1.165) is 0 Å². The average Bonchev–Trinajstić information content (AvgIpc) is 2.30. The van der Waals surface area contributed by atoms with Gasteiger partial charge in [-0.2, -0.15) is 0 Å². The van der Waals surface area contributed by atoms with Gasteiger partial charge in [-0.25, -0.2) is 4.39 Å². The van der Waals surface area contributed by atoms with Crippen LogP contribution in [0.1, 0.15) is 5.56 Å². The minimum atomic E-state index is -0.609. The molecular weight excluding hydrogens is 223 g/mol. The molecule has 4 nitrogen and oxygen atoms in total.